The number of hydrogen-bond acceptors (Lipinski definition) is 5. The number of nitrogens with two attached hydrogens (primary N) is 1. The first-order valence-corrected chi connectivity index (χ1v) is 7.29. The van der Waals surface area contributed by atoms with Gasteiger partial charge < -0.3 is 20.2 Å². The van der Waals surface area contributed by atoms with Crippen LogP contribution in [0.2, 0.25) is 0 Å². The maximum Gasteiger partial charge on any atom is 0.241 e. The van der Waals surface area contributed by atoms with E-state index in [-0.39, 0.29) is 5.91 Å². The van der Waals surface area contributed by atoms with E-state index in [4.69, 9.17) is 14.9 Å². The zero-order chi connectivity index (χ0) is 15.9. The van der Waals surface area contributed by atoms with Crippen molar-refractivity contribution in [3.63, 3.8) is 0 Å². The summed E-state index contributed by atoms with van der Waals surface area (Å²) in [5, 5.41) is 2.81. The van der Waals surface area contributed by atoms with Gasteiger partial charge in [-0.1, -0.05) is 19.8 Å². The highest BCUT2D eigenvalue weighted by molar-refractivity contribution is 5.95. The minimum Gasteiger partial charge on any atom is -0.496 e. The van der Waals surface area contributed by atoms with Gasteiger partial charge in [-0.3, -0.25) is 4.79 Å². The third-order valence-electron chi connectivity index (χ3n) is 3.37. The fourth-order valence-corrected chi connectivity index (χ4v) is 2.11. The fourth-order valence-electron chi connectivity index (χ4n) is 2.11. The lowest BCUT2D eigenvalue weighted by molar-refractivity contribution is -0.117. The summed E-state index contributed by atoms with van der Waals surface area (Å²) in [7, 11) is 1.56. The van der Waals surface area contributed by atoms with E-state index in [2.05, 4.69) is 17.2 Å². The van der Waals surface area contributed by atoms with Crippen LogP contribution in [-0.2, 0) is 4.79 Å². The van der Waals surface area contributed by atoms with Crippen molar-refractivity contribution >= 4 is 11.6 Å². The number of nitrogens with one attached hydrogen (secondary N) is 1. The molecule has 0 aliphatic rings. The summed E-state index contributed by atoms with van der Waals surface area (Å²) in [6.45, 7) is 2.07. The molecule has 1 aromatic heterocycles. The summed E-state index contributed by atoms with van der Waals surface area (Å²) in [5.41, 5.74) is 7.27. The summed E-state index contributed by atoms with van der Waals surface area (Å²) < 4.78 is 10.6. The molecule has 1 amide bonds. The van der Waals surface area contributed by atoms with Crippen molar-refractivity contribution in [3.8, 4) is 17.1 Å². The first-order valence-electron chi connectivity index (χ1n) is 7.29. The molecular weight excluding hydrogens is 282 g/mol. The summed E-state index contributed by atoms with van der Waals surface area (Å²) in [6, 6.07) is 4.83. The molecular formula is C16H21N3O3. The molecule has 0 bridgehead atoms. The molecule has 2 rings (SSSR count). The standard InChI is InChI=1S/C16H21N3O3/c1-3-4-5-13(17)16(20)19-11-6-7-12(14(8-11)21-2)15-9-18-10-22-15/h6-10,13H,3-5,17H2,1-2H3,(H,19,20)/t13-/m1/s1. The Bertz CT molecular complexity index is 611. The molecule has 1 aromatic carbocycles. The average Bonchev–Trinajstić information content (AvgIpc) is 3.06. The van der Waals surface area contributed by atoms with Crippen LogP contribution in [-0.4, -0.2) is 24.0 Å². The van der Waals surface area contributed by atoms with Crippen molar-refractivity contribution in [2.24, 2.45) is 5.73 Å². The molecule has 0 saturated carbocycles. The normalized spacial score (nSPS) is 12.0. The fraction of sp³-hybridized carbons (Fsp3) is 0.375. The van der Waals surface area contributed by atoms with Gasteiger partial charge in [0.2, 0.25) is 5.91 Å². The molecule has 0 saturated heterocycles. The molecule has 1 heterocycles. The average molecular weight is 303 g/mol. The molecule has 6 nitrogen and oxygen atoms in total. The zero-order valence-electron chi connectivity index (χ0n) is 12.8. The third-order valence-corrected chi connectivity index (χ3v) is 3.37. The molecule has 22 heavy (non-hydrogen) atoms. The molecule has 3 N–H and O–H groups in total. The van der Waals surface area contributed by atoms with Gasteiger partial charge in [-0.25, -0.2) is 4.98 Å². The Labute approximate surface area is 129 Å². The second-order valence-electron chi connectivity index (χ2n) is 5.02. The SMILES string of the molecule is CCCC[C@@H](N)C(=O)Nc1ccc(-c2cnco2)c(OC)c1. The van der Waals surface area contributed by atoms with Gasteiger partial charge in [-0.2, -0.15) is 0 Å². The van der Waals surface area contributed by atoms with E-state index in [0.717, 1.165) is 18.4 Å². The number of benzene rings is 1. The first-order chi connectivity index (χ1) is 10.7. The number of oxazole rings is 1. The van der Waals surface area contributed by atoms with Crippen LogP contribution in [0.3, 0.4) is 0 Å². The number of carbonyl (C=O) groups excluding carboxylic acids is 1. The van der Waals surface area contributed by atoms with Crippen molar-refractivity contribution in [3.05, 3.63) is 30.8 Å². The van der Waals surface area contributed by atoms with E-state index >= 15 is 0 Å². The Balaban J connectivity index is 2.11. The Hall–Kier alpha value is -2.34. The number of nitrogens with zero attached hydrogens (tertiary/aromatic N) is 1. The highest BCUT2D eigenvalue weighted by Gasteiger charge is 2.15. The Kier molecular flexibility index (Phi) is 5.55. The molecule has 0 spiro atoms. The number of amides is 1. The molecule has 0 unspecified atom stereocenters. The maximum atomic E-state index is 12.0. The van der Waals surface area contributed by atoms with Gasteiger partial charge in [0.15, 0.2) is 12.2 Å². The maximum absolute atomic E-state index is 12.0. The van der Waals surface area contributed by atoms with Crippen LogP contribution in [0.1, 0.15) is 26.2 Å². The van der Waals surface area contributed by atoms with E-state index in [1.54, 1.807) is 25.4 Å². The highest BCUT2D eigenvalue weighted by Crippen LogP contribution is 2.32. The quantitative estimate of drug-likeness (QED) is 0.820. The molecule has 118 valence electrons. The molecule has 2 aromatic rings. The van der Waals surface area contributed by atoms with Crippen LogP contribution in [0.5, 0.6) is 5.75 Å². The predicted molar refractivity (Wildman–Crippen MR) is 84.6 cm³/mol. The van der Waals surface area contributed by atoms with Crippen LogP contribution >= 0.6 is 0 Å². The Morgan fingerprint density at radius 1 is 1.50 bits per heavy atom. The summed E-state index contributed by atoms with van der Waals surface area (Å²) in [6.07, 6.45) is 5.59. The van der Waals surface area contributed by atoms with Gasteiger partial charge in [0, 0.05) is 11.8 Å². The lowest BCUT2D eigenvalue weighted by Crippen LogP contribution is -2.35. The second kappa shape index (κ2) is 7.61. The number of carbonyl (C=O) groups is 1. The van der Waals surface area contributed by atoms with Gasteiger partial charge in [0.05, 0.1) is 24.9 Å². The highest BCUT2D eigenvalue weighted by atomic mass is 16.5. The van der Waals surface area contributed by atoms with Gasteiger partial charge >= 0.3 is 0 Å². The largest absolute Gasteiger partial charge is 0.496 e. The molecule has 0 fully saturated rings. The molecule has 0 radical (unpaired) electrons. The second-order valence-corrected chi connectivity index (χ2v) is 5.02. The zero-order valence-corrected chi connectivity index (χ0v) is 12.8. The third kappa shape index (κ3) is 3.85. The summed E-state index contributed by atoms with van der Waals surface area (Å²) in [5.74, 6) is 1.01. The van der Waals surface area contributed by atoms with E-state index in [9.17, 15) is 4.79 Å². The van der Waals surface area contributed by atoms with Gasteiger partial charge in [0.25, 0.3) is 0 Å². The van der Waals surface area contributed by atoms with E-state index in [0.29, 0.717) is 23.6 Å². The minimum atomic E-state index is -0.500. The van der Waals surface area contributed by atoms with E-state index in [1.165, 1.54) is 6.39 Å². The molecule has 6 heteroatoms. The summed E-state index contributed by atoms with van der Waals surface area (Å²) >= 11 is 0. The van der Waals surface area contributed by atoms with Crippen LogP contribution < -0.4 is 15.8 Å². The predicted octanol–water partition coefficient (Wildman–Crippen LogP) is 2.81. The number of hydrogen-bond donors (Lipinski definition) is 2. The first kappa shape index (κ1) is 16.0. The van der Waals surface area contributed by atoms with E-state index < -0.39 is 6.04 Å². The number of methoxy groups -OCH3 is 1. The van der Waals surface area contributed by atoms with Crippen molar-refractivity contribution < 1.29 is 13.9 Å². The van der Waals surface area contributed by atoms with Crippen LogP contribution in [0.25, 0.3) is 11.3 Å². The Morgan fingerprint density at radius 3 is 2.95 bits per heavy atom. The lowest BCUT2D eigenvalue weighted by atomic mass is 10.1. The smallest absolute Gasteiger partial charge is 0.241 e. The topological polar surface area (TPSA) is 90.4 Å². The van der Waals surface area contributed by atoms with Crippen molar-refractivity contribution in [1.82, 2.24) is 4.98 Å². The number of unbranched alkanes of at least 4 members (excludes halogenated alkanes) is 1. The Morgan fingerprint density at radius 2 is 2.32 bits per heavy atom. The number of ether oxygens (including phenoxy) is 1. The number of anilines is 1. The van der Waals surface area contributed by atoms with Gasteiger partial charge in [0.1, 0.15) is 5.75 Å². The number of aromatic nitrogens is 1. The van der Waals surface area contributed by atoms with Crippen molar-refractivity contribution in [2.45, 2.75) is 32.2 Å². The number of rotatable bonds is 7. The molecule has 0 aliphatic heterocycles. The minimum absolute atomic E-state index is 0.192. The van der Waals surface area contributed by atoms with Crippen molar-refractivity contribution in [1.29, 1.82) is 0 Å². The van der Waals surface area contributed by atoms with Gasteiger partial charge in [-0.15, -0.1) is 0 Å². The summed E-state index contributed by atoms with van der Waals surface area (Å²) in [4.78, 5) is 15.9. The van der Waals surface area contributed by atoms with Crippen LogP contribution in [0, 0.1) is 0 Å². The molecule has 0 aliphatic carbocycles. The van der Waals surface area contributed by atoms with Crippen molar-refractivity contribution in [2.75, 3.05) is 12.4 Å². The van der Waals surface area contributed by atoms with E-state index in [1.807, 2.05) is 6.07 Å². The lowest BCUT2D eigenvalue weighted by Gasteiger charge is -2.13. The molecule has 1 atom stereocenters. The van der Waals surface area contributed by atoms with Crippen LogP contribution in [0.15, 0.2) is 35.2 Å². The van der Waals surface area contributed by atoms with Crippen LogP contribution in [0.4, 0.5) is 5.69 Å². The van der Waals surface area contributed by atoms with Gasteiger partial charge in [-0.05, 0) is 18.6 Å². The monoisotopic (exact) mass is 303 g/mol.